The summed E-state index contributed by atoms with van der Waals surface area (Å²) in [7, 11) is 0. The van der Waals surface area contributed by atoms with Crippen LogP contribution in [0.5, 0.6) is 5.75 Å². The van der Waals surface area contributed by atoms with Crippen molar-refractivity contribution >= 4 is 11.7 Å². The standard InChI is InChI=1S/C17H16N4O3/c22-17(19-11-15-7-9-24-21-15)20-14-3-5-16(6-4-14)23-12-13-2-1-8-18-10-13/h1-10H,11-12H2,(H2,19,20,22). The van der Waals surface area contributed by atoms with Crippen LogP contribution in [0.1, 0.15) is 11.3 Å². The number of rotatable bonds is 6. The summed E-state index contributed by atoms with van der Waals surface area (Å²) >= 11 is 0. The first-order valence-corrected chi connectivity index (χ1v) is 7.35. The number of ether oxygens (including phenoxy) is 1. The molecule has 7 heteroatoms. The first-order chi connectivity index (χ1) is 11.8. The molecule has 0 aliphatic heterocycles. The molecule has 0 aliphatic carbocycles. The number of carbonyl (C=O) groups is 1. The number of pyridine rings is 1. The molecule has 0 saturated carbocycles. The summed E-state index contributed by atoms with van der Waals surface area (Å²) in [5.74, 6) is 0.715. The summed E-state index contributed by atoms with van der Waals surface area (Å²) in [5.41, 5.74) is 2.32. The molecule has 1 aromatic carbocycles. The summed E-state index contributed by atoms with van der Waals surface area (Å²) in [6.07, 6.45) is 4.94. The van der Waals surface area contributed by atoms with Crippen molar-refractivity contribution in [1.29, 1.82) is 0 Å². The number of amides is 2. The molecule has 0 unspecified atom stereocenters. The molecule has 2 N–H and O–H groups in total. The van der Waals surface area contributed by atoms with Crippen molar-refractivity contribution in [2.45, 2.75) is 13.2 Å². The zero-order valence-electron chi connectivity index (χ0n) is 12.8. The van der Waals surface area contributed by atoms with Crippen molar-refractivity contribution in [3.8, 4) is 5.75 Å². The van der Waals surface area contributed by atoms with Crippen LogP contribution in [0.15, 0.2) is 65.6 Å². The van der Waals surface area contributed by atoms with Gasteiger partial charge in [0, 0.05) is 29.7 Å². The maximum absolute atomic E-state index is 11.8. The minimum absolute atomic E-state index is 0.300. The van der Waals surface area contributed by atoms with Crippen LogP contribution in [0.25, 0.3) is 0 Å². The molecule has 24 heavy (non-hydrogen) atoms. The topological polar surface area (TPSA) is 89.3 Å². The molecule has 3 rings (SSSR count). The van der Waals surface area contributed by atoms with Crippen molar-refractivity contribution in [2.24, 2.45) is 0 Å². The maximum atomic E-state index is 11.8. The summed E-state index contributed by atoms with van der Waals surface area (Å²) < 4.78 is 10.4. The molecular weight excluding hydrogens is 308 g/mol. The average Bonchev–Trinajstić information content (AvgIpc) is 3.14. The average molecular weight is 324 g/mol. The van der Waals surface area contributed by atoms with Crippen molar-refractivity contribution < 1.29 is 14.1 Å². The zero-order valence-corrected chi connectivity index (χ0v) is 12.8. The van der Waals surface area contributed by atoms with Gasteiger partial charge < -0.3 is 19.9 Å². The predicted octanol–water partition coefficient (Wildman–Crippen LogP) is 2.97. The molecule has 0 spiro atoms. The third kappa shape index (κ3) is 4.57. The Labute approximate surface area is 138 Å². The van der Waals surface area contributed by atoms with Gasteiger partial charge >= 0.3 is 6.03 Å². The Morgan fingerprint density at radius 1 is 1.17 bits per heavy atom. The highest BCUT2D eigenvalue weighted by molar-refractivity contribution is 5.89. The SMILES string of the molecule is O=C(NCc1ccon1)Nc1ccc(OCc2cccnc2)cc1. The van der Waals surface area contributed by atoms with E-state index in [1.54, 1.807) is 42.7 Å². The number of nitrogens with one attached hydrogen (secondary N) is 2. The third-order valence-electron chi connectivity index (χ3n) is 3.16. The van der Waals surface area contributed by atoms with E-state index in [0.717, 1.165) is 5.56 Å². The van der Waals surface area contributed by atoms with E-state index >= 15 is 0 Å². The van der Waals surface area contributed by atoms with Crippen LogP contribution < -0.4 is 15.4 Å². The van der Waals surface area contributed by atoms with Crippen LogP contribution in [0.4, 0.5) is 10.5 Å². The Balaban J connectivity index is 1.46. The van der Waals surface area contributed by atoms with E-state index in [2.05, 4.69) is 20.8 Å². The third-order valence-corrected chi connectivity index (χ3v) is 3.16. The van der Waals surface area contributed by atoms with Gasteiger partial charge in [-0.2, -0.15) is 0 Å². The second-order valence-corrected chi connectivity index (χ2v) is 4.97. The van der Waals surface area contributed by atoms with Crippen molar-refractivity contribution in [2.75, 3.05) is 5.32 Å². The molecule has 0 aliphatic rings. The minimum Gasteiger partial charge on any atom is -0.489 e. The zero-order chi connectivity index (χ0) is 16.6. The fourth-order valence-corrected chi connectivity index (χ4v) is 1.96. The molecule has 0 fully saturated rings. The smallest absolute Gasteiger partial charge is 0.319 e. The highest BCUT2D eigenvalue weighted by Crippen LogP contribution is 2.16. The van der Waals surface area contributed by atoms with Crippen molar-refractivity contribution in [1.82, 2.24) is 15.5 Å². The number of hydrogen-bond donors (Lipinski definition) is 2. The summed E-state index contributed by atoms with van der Waals surface area (Å²) in [6, 6.07) is 12.3. The molecule has 7 nitrogen and oxygen atoms in total. The lowest BCUT2D eigenvalue weighted by molar-refractivity contribution is 0.251. The fraction of sp³-hybridized carbons (Fsp3) is 0.118. The van der Waals surface area contributed by atoms with Crippen molar-refractivity contribution in [3.05, 3.63) is 72.4 Å². The second-order valence-electron chi connectivity index (χ2n) is 4.97. The van der Waals surface area contributed by atoms with E-state index < -0.39 is 0 Å². The molecule has 0 atom stereocenters. The van der Waals surface area contributed by atoms with Gasteiger partial charge in [0.05, 0.1) is 6.54 Å². The molecule has 2 heterocycles. The summed E-state index contributed by atoms with van der Waals surface area (Å²) in [5, 5.41) is 9.13. The monoisotopic (exact) mass is 324 g/mol. The van der Waals surface area contributed by atoms with Crippen LogP contribution in [-0.2, 0) is 13.2 Å². The van der Waals surface area contributed by atoms with E-state index in [-0.39, 0.29) is 6.03 Å². The second kappa shape index (κ2) is 7.77. The summed E-state index contributed by atoms with van der Waals surface area (Å²) in [4.78, 5) is 15.8. The van der Waals surface area contributed by atoms with Crippen molar-refractivity contribution in [3.63, 3.8) is 0 Å². The van der Waals surface area contributed by atoms with Gasteiger partial charge in [0.15, 0.2) is 0 Å². The largest absolute Gasteiger partial charge is 0.489 e. The van der Waals surface area contributed by atoms with Gasteiger partial charge in [-0.1, -0.05) is 11.2 Å². The quantitative estimate of drug-likeness (QED) is 0.727. The highest BCUT2D eigenvalue weighted by atomic mass is 16.5. The van der Waals surface area contributed by atoms with Gasteiger partial charge in [0.2, 0.25) is 0 Å². The maximum Gasteiger partial charge on any atom is 0.319 e. The van der Waals surface area contributed by atoms with Crippen LogP contribution in [0.2, 0.25) is 0 Å². The van der Waals surface area contributed by atoms with E-state index in [1.165, 1.54) is 6.26 Å². The van der Waals surface area contributed by atoms with Crippen LogP contribution in [0, 0.1) is 0 Å². The first-order valence-electron chi connectivity index (χ1n) is 7.35. The number of benzene rings is 1. The number of anilines is 1. The van der Waals surface area contributed by atoms with E-state index in [4.69, 9.17) is 9.26 Å². The highest BCUT2D eigenvalue weighted by Gasteiger charge is 2.04. The van der Waals surface area contributed by atoms with Crippen LogP contribution in [-0.4, -0.2) is 16.2 Å². The number of urea groups is 1. The van der Waals surface area contributed by atoms with Crippen LogP contribution >= 0.6 is 0 Å². The van der Waals surface area contributed by atoms with Gasteiger partial charge in [-0.25, -0.2) is 4.79 Å². The Bertz CT molecular complexity index is 758. The number of nitrogens with zero attached hydrogens (tertiary/aromatic N) is 2. The molecule has 0 saturated heterocycles. The van der Waals surface area contributed by atoms with Gasteiger partial charge in [-0.3, -0.25) is 4.98 Å². The minimum atomic E-state index is -0.318. The molecule has 0 bridgehead atoms. The van der Waals surface area contributed by atoms with Gasteiger partial charge in [0.25, 0.3) is 0 Å². The molecule has 2 amide bonds. The number of hydrogen-bond acceptors (Lipinski definition) is 5. The Kier molecular flexibility index (Phi) is 5.03. The predicted molar refractivity (Wildman–Crippen MR) is 87.4 cm³/mol. The molecule has 122 valence electrons. The van der Waals surface area contributed by atoms with E-state index in [9.17, 15) is 4.79 Å². The molecule has 3 aromatic rings. The Morgan fingerprint density at radius 3 is 2.75 bits per heavy atom. The molecule has 2 aromatic heterocycles. The van der Waals surface area contributed by atoms with Gasteiger partial charge in [0.1, 0.15) is 24.3 Å². The Morgan fingerprint density at radius 2 is 2.04 bits per heavy atom. The molecular formula is C17H16N4O3. The summed E-state index contributed by atoms with van der Waals surface area (Å²) in [6.45, 7) is 0.743. The van der Waals surface area contributed by atoms with Gasteiger partial charge in [-0.05, 0) is 30.3 Å². The van der Waals surface area contributed by atoms with E-state index in [0.29, 0.717) is 30.3 Å². The van der Waals surface area contributed by atoms with Gasteiger partial charge in [-0.15, -0.1) is 0 Å². The lowest BCUT2D eigenvalue weighted by Crippen LogP contribution is -2.28. The Hall–Kier alpha value is -3.35. The van der Waals surface area contributed by atoms with E-state index in [1.807, 2.05) is 12.1 Å². The van der Waals surface area contributed by atoms with Crippen LogP contribution in [0.3, 0.4) is 0 Å². The first kappa shape index (κ1) is 15.5. The lowest BCUT2D eigenvalue weighted by atomic mass is 10.3. The normalized spacial score (nSPS) is 10.2. The number of aromatic nitrogens is 2. The fourth-order valence-electron chi connectivity index (χ4n) is 1.96. The molecule has 0 radical (unpaired) electrons. The number of carbonyl (C=O) groups excluding carboxylic acids is 1. The lowest BCUT2D eigenvalue weighted by Gasteiger charge is -2.09.